The molecule has 186 valence electrons. The van der Waals surface area contributed by atoms with E-state index in [1.54, 1.807) is 6.20 Å². The van der Waals surface area contributed by atoms with E-state index in [9.17, 15) is 10.1 Å². The maximum Gasteiger partial charge on any atom is 0.238 e. The van der Waals surface area contributed by atoms with Crippen molar-refractivity contribution < 1.29 is 4.79 Å². The fraction of sp³-hybridized carbons (Fsp3) is 0.258. The molecule has 1 fully saturated rings. The highest BCUT2D eigenvalue weighted by Gasteiger charge is 2.51. The molecule has 6 nitrogen and oxygen atoms in total. The summed E-state index contributed by atoms with van der Waals surface area (Å²) in [7, 11) is 0. The summed E-state index contributed by atoms with van der Waals surface area (Å²) in [4.78, 5) is 19.4. The molecular weight excluding hydrogens is 458 g/mol. The molecule has 1 unspecified atom stereocenters. The number of piperidine rings is 1. The zero-order valence-electron chi connectivity index (χ0n) is 20.8. The third-order valence-electron chi connectivity index (χ3n) is 7.34. The number of amides is 1. The Morgan fingerprint density at radius 2 is 1.65 bits per heavy atom. The Balaban J connectivity index is 1.60. The first kappa shape index (κ1) is 24.5. The van der Waals surface area contributed by atoms with Crippen LogP contribution < -0.4 is 10.6 Å². The van der Waals surface area contributed by atoms with Crippen LogP contribution in [0.2, 0.25) is 0 Å². The Bertz CT molecular complexity index is 1350. The van der Waals surface area contributed by atoms with Gasteiger partial charge in [-0.3, -0.25) is 4.79 Å². The van der Waals surface area contributed by atoms with Crippen molar-refractivity contribution in [3.63, 3.8) is 0 Å². The van der Waals surface area contributed by atoms with Crippen LogP contribution >= 0.6 is 0 Å². The topological polar surface area (TPSA) is 82.7 Å². The second-order valence-electron chi connectivity index (χ2n) is 9.55. The summed E-state index contributed by atoms with van der Waals surface area (Å²) in [5.41, 5.74) is 2.75. The van der Waals surface area contributed by atoms with E-state index >= 15 is 0 Å². The highest BCUT2D eigenvalue weighted by Crippen LogP contribution is 2.43. The number of hydrogen-bond donors (Lipinski definition) is 2. The second-order valence-corrected chi connectivity index (χ2v) is 9.55. The number of aromatic nitrogens is 2. The van der Waals surface area contributed by atoms with E-state index < -0.39 is 5.41 Å². The molecule has 4 aromatic rings. The minimum absolute atomic E-state index is 0.0262. The normalized spacial score (nSPS) is 15.4. The molecule has 0 spiro atoms. The lowest BCUT2D eigenvalue weighted by atomic mass is 9.65. The van der Waals surface area contributed by atoms with Crippen molar-refractivity contribution >= 4 is 5.91 Å². The highest BCUT2D eigenvalue weighted by atomic mass is 16.2. The second kappa shape index (κ2) is 11.2. The molecule has 0 bridgehead atoms. The van der Waals surface area contributed by atoms with E-state index in [0.717, 1.165) is 48.4 Å². The molecule has 0 radical (unpaired) electrons. The number of benzene rings is 3. The van der Waals surface area contributed by atoms with Gasteiger partial charge in [-0.2, -0.15) is 5.26 Å². The van der Waals surface area contributed by atoms with Crippen molar-refractivity contribution in [2.24, 2.45) is 5.92 Å². The van der Waals surface area contributed by atoms with Gasteiger partial charge in [0.15, 0.2) is 0 Å². The fourth-order valence-electron chi connectivity index (χ4n) is 5.51. The van der Waals surface area contributed by atoms with Crippen molar-refractivity contribution in [2.75, 3.05) is 13.1 Å². The van der Waals surface area contributed by atoms with E-state index in [1.165, 1.54) is 0 Å². The van der Waals surface area contributed by atoms with Gasteiger partial charge in [-0.1, -0.05) is 72.8 Å². The number of nitrogens with one attached hydrogen (secondary N) is 2. The van der Waals surface area contributed by atoms with Gasteiger partial charge in [0.2, 0.25) is 5.91 Å². The molecule has 0 saturated carbocycles. The van der Waals surface area contributed by atoms with Gasteiger partial charge in [-0.25, -0.2) is 4.98 Å². The van der Waals surface area contributed by atoms with Crippen LogP contribution in [-0.4, -0.2) is 28.5 Å². The monoisotopic (exact) mass is 489 g/mol. The molecule has 6 heteroatoms. The molecular formula is C31H31N5O. The zero-order valence-corrected chi connectivity index (χ0v) is 20.8. The van der Waals surface area contributed by atoms with Gasteiger partial charge in [0.05, 0.1) is 11.6 Å². The summed E-state index contributed by atoms with van der Waals surface area (Å²) < 4.78 is 2.10. The van der Waals surface area contributed by atoms with Gasteiger partial charge in [0.25, 0.3) is 0 Å². The molecule has 2 N–H and O–H groups in total. The molecule has 0 aliphatic carbocycles. The van der Waals surface area contributed by atoms with Gasteiger partial charge in [-0.15, -0.1) is 0 Å². The number of rotatable bonds is 8. The molecule has 2 heterocycles. The summed E-state index contributed by atoms with van der Waals surface area (Å²) in [6.07, 6.45) is 5.49. The number of carbonyl (C=O) groups excluding carboxylic acids is 1. The lowest BCUT2D eigenvalue weighted by Gasteiger charge is -2.41. The maximum atomic E-state index is 14.5. The van der Waals surface area contributed by atoms with E-state index in [-0.39, 0.29) is 11.8 Å². The van der Waals surface area contributed by atoms with Gasteiger partial charge in [0, 0.05) is 25.5 Å². The number of nitrogens with zero attached hydrogens (tertiary/aromatic N) is 3. The molecule has 5 rings (SSSR count). The van der Waals surface area contributed by atoms with Crippen molar-refractivity contribution in [1.29, 1.82) is 5.26 Å². The first-order chi connectivity index (χ1) is 18.2. The lowest BCUT2D eigenvalue weighted by molar-refractivity contribution is -0.128. The number of imidazole rings is 1. The summed E-state index contributed by atoms with van der Waals surface area (Å²) >= 11 is 0. The minimum atomic E-state index is -0.950. The van der Waals surface area contributed by atoms with Crippen molar-refractivity contribution in [1.82, 2.24) is 20.2 Å². The third kappa shape index (κ3) is 5.04. The lowest BCUT2D eigenvalue weighted by Crippen LogP contribution is -2.54. The fourth-order valence-corrected chi connectivity index (χ4v) is 5.51. The van der Waals surface area contributed by atoms with Crippen LogP contribution in [0.15, 0.2) is 97.3 Å². The molecule has 1 aliphatic heterocycles. The molecule has 1 aliphatic rings. The Labute approximate surface area is 218 Å². The van der Waals surface area contributed by atoms with Gasteiger partial charge < -0.3 is 15.2 Å². The van der Waals surface area contributed by atoms with Gasteiger partial charge in [-0.05, 0) is 60.7 Å². The van der Waals surface area contributed by atoms with Crippen LogP contribution in [0.4, 0.5) is 0 Å². The maximum absolute atomic E-state index is 14.5. The van der Waals surface area contributed by atoms with Gasteiger partial charge in [0.1, 0.15) is 11.2 Å². The van der Waals surface area contributed by atoms with E-state index in [4.69, 9.17) is 4.98 Å². The van der Waals surface area contributed by atoms with E-state index in [2.05, 4.69) is 33.4 Å². The first-order valence-electron chi connectivity index (χ1n) is 12.8. The van der Waals surface area contributed by atoms with Crippen LogP contribution in [0.3, 0.4) is 0 Å². The summed E-state index contributed by atoms with van der Waals surface area (Å²) in [5.74, 6) is 0.802. The quantitative estimate of drug-likeness (QED) is 0.384. The molecule has 3 aromatic carbocycles. The van der Waals surface area contributed by atoms with E-state index in [0.29, 0.717) is 18.7 Å². The minimum Gasteiger partial charge on any atom is -0.351 e. The van der Waals surface area contributed by atoms with Crippen molar-refractivity contribution in [3.05, 3.63) is 125 Å². The van der Waals surface area contributed by atoms with Crippen LogP contribution in [0.5, 0.6) is 0 Å². The standard InChI is InChI=1S/C31H31N5O/c32-21-24-11-13-26(14-12-24)23-36-20-19-34-29(36)31(27-9-5-2-6-10-27,28-15-17-33-18-16-28)30(37)35-22-25-7-3-1-4-8-25/h1-14,19-20,28,33H,15-18,22-23H2,(H,35,37). The number of hydrogen-bond acceptors (Lipinski definition) is 4. The number of carbonyl (C=O) groups is 1. The Hall–Kier alpha value is -4.21. The average molecular weight is 490 g/mol. The predicted octanol–water partition coefficient (Wildman–Crippen LogP) is 4.41. The van der Waals surface area contributed by atoms with E-state index in [1.807, 2.05) is 79.0 Å². The average Bonchev–Trinajstić information content (AvgIpc) is 3.42. The Morgan fingerprint density at radius 1 is 0.973 bits per heavy atom. The molecule has 1 aromatic heterocycles. The SMILES string of the molecule is N#Cc1ccc(Cn2ccnc2C(C(=O)NCc2ccccc2)(c2ccccc2)C2CCNCC2)cc1. The molecule has 1 amide bonds. The van der Waals surface area contributed by atoms with Crippen LogP contribution in [-0.2, 0) is 23.3 Å². The Morgan fingerprint density at radius 3 is 2.32 bits per heavy atom. The molecule has 1 atom stereocenters. The third-order valence-corrected chi connectivity index (χ3v) is 7.34. The molecule has 37 heavy (non-hydrogen) atoms. The zero-order chi connectivity index (χ0) is 25.5. The van der Waals surface area contributed by atoms with Crippen molar-refractivity contribution in [2.45, 2.75) is 31.3 Å². The highest BCUT2D eigenvalue weighted by molar-refractivity contribution is 5.91. The molecule has 1 saturated heterocycles. The Kier molecular flexibility index (Phi) is 7.43. The summed E-state index contributed by atoms with van der Waals surface area (Å²) in [6.45, 7) is 2.74. The summed E-state index contributed by atoms with van der Waals surface area (Å²) in [6, 6.07) is 29.9. The van der Waals surface area contributed by atoms with Crippen molar-refractivity contribution in [3.8, 4) is 6.07 Å². The van der Waals surface area contributed by atoms with Crippen LogP contribution in [0, 0.1) is 17.2 Å². The number of nitriles is 1. The van der Waals surface area contributed by atoms with Crippen LogP contribution in [0.25, 0.3) is 0 Å². The smallest absolute Gasteiger partial charge is 0.238 e. The summed E-state index contributed by atoms with van der Waals surface area (Å²) in [5, 5.41) is 15.9. The first-order valence-corrected chi connectivity index (χ1v) is 12.8. The largest absolute Gasteiger partial charge is 0.351 e. The van der Waals surface area contributed by atoms with Gasteiger partial charge >= 0.3 is 0 Å². The van der Waals surface area contributed by atoms with Crippen LogP contribution in [0.1, 0.15) is 40.9 Å². The predicted molar refractivity (Wildman–Crippen MR) is 144 cm³/mol.